The van der Waals surface area contributed by atoms with Crippen molar-refractivity contribution >= 4 is 5.91 Å². The molecular weight excluding hydrogens is 254 g/mol. The van der Waals surface area contributed by atoms with E-state index in [-0.39, 0.29) is 31.1 Å². The van der Waals surface area contributed by atoms with E-state index in [0.717, 1.165) is 16.9 Å². The van der Waals surface area contributed by atoms with Crippen LogP contribution < -0.4 is 10.1 Å². The van der Waals surface area contributed by atoms with Gasteiger partial charge in [0, 0.05) is 12.6 Å². The van der Waals surface area contributed by atoms with E-state index in [9.17, 15) is 4.79 Å². The van der Waals surface area contributed by atoms with Crippen LogP contribution in [0.4, 0.5) is 0 Å². The lowest BCUT2D eigenvalue weighted by atomic mass is 10.1. The molecule has 112 valence electrons. The summed E-state index contributed by atoms with van der Waals surface area (Å²) in [6.45, 7) is 9.80. The number of hydrogen-bond donors (Lipinski definition) is 2. The average Bonchev–Trinajstić information content (AvgIpc) is 2.36. The summed E-state index contributed by atoms with van der Waals surface area (Å²) in [7, 11) is 0. The van der Waals surface area contributed by atoms with Crippen LogP contribution >= 0.6 is 0 Å². The number of hydrogen-bond acceptors (Lipinski definition) is 3. The number of aliphatic hydroxyl groups excluding tert-OH is 1. The van der Waals surface area contributed by atoms with Gasteiger partial charge in [-0.05, 0) is 44.7 Å². The van der Waals surface area contributed by atoms with Gasteiger partial charge in [0.05, 0.1) is 0 Å². The highest BCUT2D eigenvalue weighted by Gasteiger charge is 2.15. The van der Waals surface area contributed by atoms with Gasteiger partial charge in [-0.1, -0.05) is 24.6 Å². The summed E-state index contributed by atoms with van der Waals surface area (Å²) in [6.07, 6.45) is 0. The first-order chi connectivity index (χ1) is 9.35. The third kappa shape index (κ3) is 4.53. The minimum atomic E-state index is -0.169. The third-order valence-corrected chi connectivity index (χ3v) is 3.48. The Morgan fingerprint density at radius 3 is 2.30 bits per heavy atom. The number of rotatable bonds is 6. The molecule has 1 aromatic carbocycles. The lowest BCUT2D eigenvalue weighted by Crippen LogP contribution is -2.40. The fraction of sp³-hybridized carbons (Fsp3) is 0.562. The summed E-state index contributed by atoms with van der Waals surface area (Å²) in [5, 5.41) is 11.9. The predicted molar refractivity (Wildman–Crippen MR) is 80.0 cm³/mol. The highest BCUT2D eigenvalue weighted by molar-refractivity contribution is 5.77. The van der Waals surface area contributed by atoms with Crippen LogP contribution in [0.3, 0.4) is 0 Å². The first-order valence-electron chi connectivity index (χ1n) is 6.96. The topological polar surface area (TPSA) is 58.6 Å². The van der Waals surface area contributed by atoms with Crippen LogP contribution in [-0.4, -0.2) is 30.3 Å². The van der Waals surface area contributed by atoms with Crippen LogP contribution in [0.1, 0.15) is 30.5 Å². The van der Waals surface area contributed by atoms with Gasteiger partial charge in [-0.15, -0.1) is 0 Å². The van der Waals surface area contributed by atoms with Gasteiger partial charge in [0.15, 0.2) is 6.61 Å². The lowest BCUT2D eigenvalue weighted by molar-refractivity contribution is -0.124. The van der Waals surface area contributed by atoms with Crippen molar-refractivity contribution in [3.8, 4) is 5.75 Å². The van der Waals surface area contributed by atoms with Crippen molar-refractivity contribution in [1.82, 2.24) is 5.32 Å². The maximum absolute atomic E-state index is 11.8. The zero-order valence-electron chi connectivity index (χ0n) is 13.0. The molecular formula is C16H25NO3. The molecule has 0 saturated carbocycles. The molecule has 1 amide bonds. The van der Waals surface area contributed by atoms with Crippen molar-refractivity contribution in [3.63, 3.8) is 0 Å². The monoisotopic (exact) mass is 279 g/mol. The molecule has 0 spiro atoms. The Bertz CT molecular complexity index is 448. The number of carbonyl (C=O) groups excluding carboxylic acids is 1. The van der Waals surface area contributed by atoms with E-state index in [2.05, 4.69) is 5.32 Å². The molecule has 2 unspecified atom stereocenters. The molecule has 0 heterocycles. The Labute approximate surface area is 121 Å². The van der Waals surface area contributed by atoms with Crippen molar-refractivity contribution in [2.75, 3.05) is 13.2 Å². The van der Waals surface area contributed by atoms with Gasteiger partial charge >= 0.3 is 0 Å². The van der Waals surface area contributed by atoms with E-state index in [1.165, 1.54) is 5.56 Å². The molecule has 4 heteroatoms. The van der Waals surface area contributed by atoms with Gasteiger partial charge in [0.1, 0.15) is 5.75 Å². The van der Waals surface area contributed by atoms with Gasteiger partial charge in [-0.25, -0.2) is 0 Å². The average molecular weight is 279 g/mol. The number of carbonyl (C=O) groups is 1. The standard InChI is InChI=1S/C16H25NO3/c1-10-6-11(2)16(12(3)7-10)20-9-15(19)17-14(5)13(4)8-18/h6-7,13-14,18H,8-9H2,1-5H3,(H,17,19). The second kappa shape index (κ2) is 7.29. The zero-order chi connectivity index (χ0) is 15.3. The summed E-state index contributed by atoms with van der Waals surface area (Å²) in [5.74, 6) is 0.632. The second-order valence-corrected chi connectivity index (χ2v) is 5.53. The Kier molecular flexibility index (Phi) is 6.02. The molecule has 0 aliphatic heterocycles. The minimum Gasteiger partial charge on any atom is -0.483 e. The number of aryl methyl sites for hydroxylation is 3. The summed E-state index contributed by atoms with van der Waals surface area (Å²) >= 11 is 0. The molecule has 1 aromatic rings. The van der Waals surface area contributed by atoms with Crippen LogP contribution in [0.25, 0.3) is 0 Å². The zero-order valence-corrected chi connectivity index (χ0v) is 13.0. The van der Waals surface area contributed by atoms with Gasteiger partial charge in [0.25, 0.3) is 5.91 Å². The third-order valence-electron chi connectivity index (χ3n) is 3.48. The quantitative estimate of drug-likeness (QED) is 0.838. The number of amides is 1. The molecule has 0 bridgehead atoms. The molecule has 0 aliphatic rings. The van der Waals surface area contributed by atoms with Gasteiger partial charge in [-0.2, -0.15) is 0 Å². The fourth-order valence-corrected chi connectivity index (χ4v) is 2.13. The number of nitrogens with one attached hydrogen (secondary N) is 1. The van der Waals surface area contributed by atoms with Gasteiger partial charge in [-0.3, -0.25) is 4.79 Å². The van der Waals surface area contributed by atoms with Crippen molar-refractivity contribution in [2.24, 2.45) is 5.92 Å². The van der Waals surface area contributed by atoms with Crippen molar-refractivity contribution in [3.05, 3.63) is 28.8 Å². The van der Waals surface area contributed by atoms with E-state index in [1.54, 1.807) is 0 Å². The molecule has 0 fully saturated rings. The number of benzene rings is 1. The molecule has 2 atom stereocenters. The van der Waals surface area contributed by atoms with Crippen LogP contribution in [0.2, 0.25) is 0 Å². The number of ether oxygens (including phenoxy) is 1. The molecule has 0 saturated heterocycles. The van der Waals surface area contributed by atoms with E-state index >= 15 is 0 Å². The first kappa shape index (κ1) is 16.5. The van der Waals surface area contributed by atoms with Crippen LogP contribution in [-0.2, 0) is 4.79 Å². The molecule has 0 aliphatic carbocycles. The summed E-state index contributed by atoms with van der Waals surface area (Å²) in [6, 6.07) is 4.00. The molecule has 20 heavy (non-hydrogen) atoms. The van der Waals surface area contributed by atoms with E-state index < -0.39 is 0 Å². The maximum Gasteiger partial charge on any atom is 0.258 e. The van der Waals surface area contributed by atoms with Crippen molar-refractivity contribution < 1.29 is 14.6 Å². The fourth-order valence-electron chi connectivity index (χ4n) is 2.13. The summed E-state index contributed by atoms with van der Waals surface area (Å²) in [5.41, 5.74) is 3.25. The van der Waals surface area contributed by atoms with Gasteiger partial charge in [0.2, 0.25) is 0 Å². The van der Waals surface area contributed by atoms with Crippen molar-refractivity contribution in [1.29, 1.82) is 0 Å². The van der Waals surface area contributed by atoms with Crippen molar-refractivity contribution in [2.45, 2.75) is 40.7 Å². The molecule has 4 nitrogen and oxygen atoms in total. The minimum absolute atomic E-state index is 0.00672. The summed E-state index contributed by atoms with van der Waals surface area (Å²) < 4.78 is 5.62. The Balaban J connectivity index is 2.58. The first-order valence-corrected chi connectivity index (χ1v) is 6.96. The predicted octanol–water partition coefficient (Wildman–Crippen LogP) is 2.12. The largest absolute Gasteiger partial charge is 0.483 e. The van der Waals surface area contributed by atoms with E-state index in [1.807, 2.05) is 46.8 Å². The SMILES string of the molecule is Cc1cc(C)c(OCC(=O)NC(C)C(C)CO)c(C)c1. The molecule has 0 aromatic heterocycles. The van der Waals surface area contributed by atoms with E-state index in [4.69, 9.17) is 9.84 Å². The molecule has 2 N–H and O–H groups in total. The van der Waals surface area contributed by atoms with E-state index in [0.29, 0.717) is 0 Å². The van der Waals surface area contributed by atoms with Crippen LogP contribution in [0, 0.1) is 26.7 Å². The van der Waals surface area contributed by atoms with Crippen LogP contribution in [0.5, 0.6) is 5.75 Å². The Hall–Kier alpha value is -1.55. The number of aliphatic hydroxyl groups is 1. The Morgan fingerprint density at radius 2 is 1.80 bits per heavy atom. The molecule has 0 radical (unpaired) electrons. The lowest BCUT2D eigenvalue weighted by Gasteiger charge is -2.20. The Morgan fingerprint density at radius 1 is 1.25 bits per heavy atom. The normalized spacial score (nSPS) is 13.7. The highest BCUT2D eigenvalue weighted by Crippen LogP contribution is 2.24. The van der Waals surface area contributed by atoms with Gasteiger partial charge < -0.3 is 15.2 Å². The molecule has 1 rings (SSSR count). The smallest absolute Gasteiger partial charge is 0.258 e. The summed E-state index contributed by atoms with van der Waals surface area (Å²) in [4.78, 5) is 11.8. The van der Waals surface area contributed by atoms with Crippen LogP contribution in [0.15, 0.2) is 12.1 Å². The maximum atomic E-state index is 11.8. The highest BCUT2D eigenvalue weighted by atomic mass is 16.5. The second-order valence-electron chi connectivity index (χ2n) is 5.53.